The van der Waals surface area contributed by atoms with Crippen LogP contribution in [-0.2, 0) is 6.42 Å². The summed E-state index contributed by atoms with van der Waals surface area (Å²) in [5.41, 5.74) is 6.85. The quantitative estimate of drug-likeness (QED) is 0.476. The molecule has 0 bridgehead atoms. The fourth-order valence-electron chi connectivity index (χ4n) is 1.86. The number of nitrogens with one attached hydrogen (secondary N) is 1. The number of aryl methyl sites for hydroxylation is 1. The first-order valence-electron chi connectivity index (χ1n) is 6.43. The zero-order valence-electron chi connectivity index (χ0n) is 11.3. The van der Waals surface area contributed by atoms with E-state index in [1.807, 2.05) is 12.1 Å². The highest BCUT2D eigenvalue weighted by atomic mass is 79.9. The average molecular weight is 352 g/mol. The van der Waals surface area contributed by atoms with Gasteiger partial charge in [-0.2, -0.15) is 0 Å². The van der Waals surface area contributed by atoms with E-state index in [2.05, 4.69) is 20.9 Å². The SMILES string of the molecule is N=C(N)c1ccc(OCCCc2ccncc2)c(F)c1Br. The zero-order chi connectivity index (χ0) is 15.2. The van der Waals surface area contributed by atoms with Crippen molar-refractivity contribution in [2.75, 3.05) is 6.61 Å². The van der Waals surface area contributed by atoms with Crippen LogP contribution in [0.15, 0.2) is 41.1 Å². The smallest absolute Gasteiger partial charge is 0.179 e. The van der Waals surface area contributed by atoms with E-state index in [1.165, 1.54) is 11.6 Å². The van der Waals surface area contributed by atoms with Crippen LogP contribution in [0.3, 0.4) is 0 Å². The fraction of sp³-hybridized carbons (Fsp3) is 0.200. The van der Waals surface area contributed by atoms with Crippen molar-refractivity contribution in [2.24, 2.45) is 5.73 Å². The lowest BCUT2D eigenvalue weighted by atomic mass is 10.1. The lowest BCUT2D eigenvalue weighted by molar-refractivity contribution is 0.295. The molecule has 0 radical (unpaired) electrons. The molecule has 1 aromatic heterocycles. The standard InChI is InChI=1S/C15H15BrFN3O/c16-13-11(15(18)19)3-4-12(14(13)17)21-9-1-2-10-5-7-20-8-6-10/h3-8H,1-2,9H2,(H3,18,19). The summed E-state index contributed by atoms with van der Waals surface area (Å²) < 4.78 is 19.6. The highest BCUT2D eigenvalue weighted by Gasteiger charge is 2.13. The molecule has 0 aliphatic rings. The number of pyridine rings is 1. The van der Waals surface area contributed by atoms with E-state index in [0.29, 0.717) is 12.2 Å². The molecule has 0 aliphatic heterocycles. The van der Waals surface area contributed by atoms with E-state index < -0.39 is 5.82 Å². The third-order valence-electron chi connectivity index (χ3n) is 2.95. The van der Waals surface area contributed by atoms with Crippen LogP contribution < -0.4 is 10.5 Å². The Balaban J connectivity index is 1.92. The number of aromatic nitrogens is 1. The molecule has 2 aromatic rings. The van der Waals surface area contributed by atoms with Gasteiger partial charge in [0.1, 0.15) is 5.84 Å². The van der Waals surface area contributed by atoms with Gasteiger partial charge in [-0.1, -0.05) is 0 Å². The first-order chi connectivity index (χ1) is 10.1. The van der Waals surface area contributed by atoms with Crippen LogP contribution in [0.1, 0.15) is 17.5 Å². The minimum Gasteiger partial charge on any atom is -0.490 e. The summed E-state index contributed by atoms with van der Waals surface area (Å²) in [7, 11) is 0. The topological polar surface area (TPSA) is 72.0 Å². The van der Waals surface area contributed by atoms with Gasteiger partial charge in [-0.05, 0) is 58.6 Å². The van der Waals surface area contributed by atoms with Gasteiger partial charge in [0.05, 0.1) is 11.1 Å². The minimum absolute atomic E-state index is 0.154. The van der Waals surface area contributed by atoms with Gasteiger partial charge in [0, 0.05) is 18.0 Å². The summed E-state index contributed by atoms with van der Waals surface area (Å²) >= 11 is 3.09. The van der Waals surface area contributed by atoms with Gasteiger partial charge in [0.25, 0.3) is 0 Å². The molecule has 0 spiro atoms. The number of rotatable bonds is 6. The molecule has 4 nitrogen and oxygen atoms in total. The Morgan fingerprint density at radius 2 is 2.00 bits per heavy atom. The summed E-state index contributed by atoms with van der Waals surface area (Å²) in [5.74, 6) is -0.571. The van der Waals surface area contributed by atoms with Crippen LogP contribution in [-0.4, -0.2) is 17.4 Å². The highest BCUT2D eigenvalue weighted by molar-refractivity contribution is 9.10. The Kier molecular flexibility index (Phi) is 5.27. The van der Waals surface area contributed by atoms with E-state index in [4.69, 9.17) is 15.9 Å². The zero-order valence-corrected chi connectivity index (χ0v) is 12.9. The van der Waals surface area contributed by atoms with Crippen LogP contribution >= 0.6 is 15.9 Å². The summed E-state index contributed by atoms with van der Waals surface area (Å²) in [5, 5.41) is 7.34. The lowest BCUT2D eigenvalue weighted by Gasteiger charge is -2.10. The van der Waals surface area contributed by atoms with Gasteiger partial charge < -0.3 is 10.5 Å². The molecule has 0 saturated heterocycles. The monoisotopic (exact) mass is 351 g/mol. The Bertz CT molecular complexity index is 634. The number of nitrogens with zero attached hydrogens (tertiary/aromatic N) is 1. The third-order valence-corrected chi connectivity index (χ3v) is 3.73. The molecule has 110 valence electrons. The van der Waals surface area contributed by atoms with Crippen molar-refractivity contribution in [1.82, 2.24) is 4.98 Å². The predicted molar refractivity (Wildman–Crippen MR) is 83.2 cm³/mol. The van der Waals surface area contributed by atoms with Gasteiger partial charge >= 0.3 is 0 Å². The van der Waals surface area contributed by atoms with Crippen molar-refractivity contribution in [3.8, 4) is 5.75 Å². The number of hydrogen-bond acceptors (Lipinski definition) is 3. The number of amidine groups is 1. The number of halogens is 2. The maximum absolute atomic E-state index is 14.0. The fourth-order valence-corrected chi connectivity index (χ4v) is 2.40. The normalized spacial score (nSPS) is 10.4. The molecule has 0 atom stereocenters. The van der Waals surface area contributed by atoms with Crippen LogP contribution in [0, 0.1) is 11.2 Å². The predicted octanol–water partition coefficient (Wildman–Crippen LogP) is 3.28. The molecule has 21 heavy (non-hydrogen) atoms. The van der Waals surface area contributed by atoms with Gasteiger partial charge in [-0.15, -0.1) is 0 Å². The first-order valence-corrected chi connectivity index (χ1v) is 7.23. The van der Waals surface area contributed by atoms with Crippen LogP contribution in [0.25, 0.3) is 0 Å². The van der Waals surface area contributed by atoms with Gasteiger partial charge in [-0.3, -0.25) is 10.4 Å². The molecular formula is C15H15BrFN3O. The maximum atomic E-state index is 14.0. The van der Waals surface area contributed by atoms with Crippen molar-refractivity contribution in [3.05, 3.63) is 58.1 Å². The van der Waals surface area contributed by atoms with E-state index in [1.54, 1.807) is 18.5 Å². The Morgan fingerprint density at radius 3 is 2.67 bits per heavy atom. The van der Waals surface area contributed by atoms with Crippen molar-refractivity contribution < 1.29 is 9.13 Å². The summed E-state index contributed by atoms with van der Waals surface area (Å²) in [6.45, 7) is 0.408. The molecule has 0 aliphatic carbocycles. The second-order valence-electron chi connectivity index (χ2n) is 4.46. The highest BCUT2D eigenvalue weighted by Crippen LogP contribution is 2.28. The van der Waals surface area contributed by atoms with Crippen molar-refractivity contribution in [3.63, 3.8) is 0 Å². The molecule has 2 rings (SSSR count). The minimum atomic E-state index is -0.536. The lowest BCUT2D eigenvalue weighted by Crippen LogP contribution is -2.13. The molecule has 3 N–H and O–H groups in total. The van der Waals surface area contributed by atoms with Crippen molar-refractivity contribution in [2.45, 2.75) is 12.8 Å². The molecule has 0 fully saturated rings. The van der Waals surface area contributed by atoms with Crippen molar-refractivity contribution in [1.29, 1.82) is 5.41 Å². The third kappa shape index (κ3) is 4.01. The Labute approximate surface area is 130 Å². The van der Waals surface area contributed by atoms with E-state index >= 15 is 0 Å². The summed E-state index contributed by atoms with van der Waals surface area (Å²) in [6, 6.07) is 6.94. The Morgan fingerprint density at radius 1 is 1.29 bits per heavy atom. The Hall–Kier alpha value is -1.95. The molecule has 0 unspecified atom stereocenters. The molecule has 0 amide bonds. The van der Waals surface area contributed by atoms with Gasteiger partial charge in [0.2, 0.25) is 0 Å². The number of hydrogen-bond donors (Lipinski definition) is 2. The molecule has 1 heterocycles. The number of ether oxygens (including phenoxy) is 1. The van der Waals surface area contributed by atoms with Gasteiger partial charge in [-0.25, -0.2) is 4.39 Å². The van der Waals surface area contributed by atoms with Crippen LogP contribution in [0.2, 0.25) is 0 Å². The molecule has 0 saturated carbocycles. The van der Waals surface area contributed by atoms with E-state index in [-0.39, 0.29) is 16.1 Å². The molecule has 1 aromatic carbocycles. The number of nitrogens with two attached hydrogens (primary N) is 1. The number of benzene rings is 1. The van der Waals surface area contributed by atoms with Crippen LogP contribution in [0.4, 0.5) is 4.39 Å². The van der Waals surface area contributed by atoms with E-state index in [9.17, 15) is 4.39 Å². The maximum Gasteiger partial charge on any atom is 0.179 e. The molecular weight excluding hydrogens is 337 g/mol. The first kappa shape index (κ1) is 15.4. The largest absolute Gasteiger partial charge is 0.490 e. The summed E-state index contributed by atoms with van der Waals surface area (Å²) in [4.78, 5) is 3.95. The second-order valence-corrected chi connectivity index (χ2v) is 5.25. The van der Waals surface area contributed by atoms with Crippen molar-refractivity contribution >= 4 is 21.8 Å². The second kappa shape index (κ2) is 7.17. The van der Waals surface area contributed by atoms with Crippen LogP contribution in [0.5, 0.6) is 5.75 Å². The average Bonchev–Trinajstić information content (AvgIpc) is 2.48. The van der Waals surface area contributed by atoms with E-state index in [0.717, 1.165) is 12.8 Å². The van der Waals surface area contributed by atoms with Gasteiger partial charge in [0.15, 0.2) is 11.6 Å². The molecule has 6 heteroatoms. The number of nitrogen functional groups attached to an aromatic ring is 1. The summed E-state index contributed by atoms with van der Waals surface area (Å²) in [6.07, 6.45) is 5.10.